The lowest BCUT2D eigenvalue weighted by atomic mass is 10.1. The lowest BCUT2D eigenvalue weighted by molar-refractivity contribution is -0.143. The van der Waals surface area contributed by atoms with Crippen molar-refractivity contribution in [3.8, 4) is 0 Å². The maximum Gasteiger partial charge on any atom is 0.305 e. The lowest BCUT2D eigenvalue weighted by Crippen LogP contribution is -2.03. The Hall–Kier alpha value is -1.57. The van der Waals surface area contributed by atoms with Crippen molar-refractivity contribution in [2.24, 2.45) is 0 Å². The first-order chi connectivity index (χ1) is 12.8. The summed E-state index contributed by atoms with van der Waals surface area (Å²) in [5.74, 6) is -0.0458. The fourth-order valence-corrected chi connectivity index (χ4v) is 3.12. The van der Waals surface area contributed by atoms with Gasteiger partial charge in [-0.3, -0.25) is 4.79 Å². The Morgan fingerprint density at radius 3 is 2.04 bits per heavy atom. The van der Waals surface area contributed by atoms with Gasteiger partial charge in [0.15, 0.2) is 0 Å². The molecule has 0 heterocycles. The van der Waals surface area contributed by atoms with Gasteiger partial charge in [-0.05, 0) is 57.4 Å². The zero-order chi connectivity index (χ0) is 18.7. The van der Waals surface area contributed by atoms with E-state index < -0.39 is 0 Å². The third-order valence-electron chi connectivity index (χ3n) is 4.65. The highest BCUT2D eigenvalue weighted by atomic mass is 16.5. The van der Waals surface area contributed by atoms with Gasteiger partial charge in [0.25, 0.3) is 0 Å². The van der Waals surface area contributed by atoms with E-state index in [1.54, 1.807) is 0 Å². The van der Waals surface area contributed by atoms with Gasteiger partial charge in [-0.25, -0.2) is 0 Å². The van der Waals surface area contributed by atoms with Crippen LogP contribution in [0.25, 0.3) is 0 Å². The maximum atomic E-state index is 11.2. The predicted molar refractivity (Wildman–Crippen MR) is 111 cm³/mol. The van der Waals surface area contributed by atoms with E-state index in [2.05, 4.69) is 42.5 Å². The molecule has 2 heteroatoms. The fourth-order valence-electron chi connectivity index (χ4n) is 3.12. The molecule has 0 aromatic heterocycles. The van der Waals surface area contributed by atoms with E-state index >= 15 is 0 Å². The van der Waals surface area contributed by atoms with Crippen LogP contribution >= 0.6 is 0 Å². The van der Waals surface area contributed by atoms with Crippen molar-refractivity contribution in [1.82, 2.24) is 0 Å². The molecule has 0 saturated heterocycles. The van der Waals surface area contributed by atoms with Crippen LogP contribution in [0.1, 0.15) is 89.5 Å². The number of rotatable bonds is 16. The third kappa shape index (κ3) is 13.7. The van der Waals surface area contributed by atoms with E-state index in [1.165, 1.54) is 69.8 Å². The number of esters is 1. The van der Waals surface area contributed by atoms with Crippen molar-refractivity contribution in [2.75, 3.05) is 6.61 Å². The largest absolute Gasteiger partial charge is 0.466 e. The van der Waals surface area contributed by atoms with Crippen LogP contribution in [0.2, 0.25) is 0 Å². The molecule has 0 amide bonds. The molecule has 0 unspecified atom stereocenters. The minimum absolute atomic E-state index is 0.0458. The van der Waals surface area contributed by atoms with Crippen LogP contribution in [0.4, 0.5) is 0 Å². The monoisotopic (exact) mass is 358 g/mol. The van der Waals surface area contributed by atoms with E-state index in [-0.39, 0.29) is 5.97 Å². The van der Waals surface area contributed by atoms with Gasteiger partial charge in [0, 0.05) is 6.42 Å². The molecular formula is C24H38O2. The number of aryl methyl sites for hydroxylation is 1. The minimum Gasteiger partial charge on any atom is -0.466 e. The van der Waals surface area contributed by atoms with Gasteiger partial charge in [0.1, 0.15) is 0 Å². The second kappa shape index (κ2) is 16.9. The van der Waals surface area contributed by atoms with Gasteiger partial charge in [-0.1, -0.05) is 74.6 Å². The van der Waals surface area contributed by atoms with Crippen LogP contribution in [-0.2, 0) is 16.0 Å². The summed E-state index contributed by atoms with van der Waals surface area (Å²) >= 11 is 0. The Balaban J connectivity index is 1.79. The quantitative estimate of drug-likeness (QED) is 0.180. The van der Waals surface area contributed by atoms with E-state index in [0.29, 0.717) is 13.0 Å². The number of hydrogen-bond donors (Lipinski definition) is 0. The molecule has 0 bridgehead atoms. The Kier molecular flexibility index (Phi) is 14.6. The topological polar surface area (TPSA) is 26.3 Å². The van der Waals surface area contributed by atoms with E-state index in [0.717, 1.165) is 12.8 Å². The first-order valence-electron chi connectivity index (χ1n) is 10.7. The van der Waals surface area contributed by atoms with Gasteiger partial charge in [-0.2, -0.15) is 0 Å². The van der Waals surface area contributed by atoms with Crippen LogP contribution in [0.5, 0.6) is 0 Å². The molecule has 0 radical (unpaired) electrons. The number of carbonyl (C=O) groups is 1. The average Bonchev–Trinajstić information content (AvgIpc) is 2.66. The Morgan fingerprint density at radius 1 is 0.808 bits per heavy atom. The standard InChI is InChI=1S/C24H38O2/c1-2-26-24(25)22-18-13-11-9-7-5-3-4-6-8-10-12-15-19-23-20-16-14-17-21-23/h3-4,14,16-17,20-21H,2,5-13,15,18-19,22H2,1H3/b4-3-. The van der Waals surface area contributed by atoms with Gasteiger partial charge in [0.2, 0.25) is 0 Å². The molecule has 0 saturated carbocycles. The van der Waals surface area contributed by atoms with Crippen LogP contribution in [0, 0.1) is 0 Å². The van der Waals surface area contributed by atoms with Gasteiger partial charge >= 0.3 is 5.97 Å². The van der Waals surface area contributed by atoms with Crippen molar-refractivity contribution in [1.29, 1.82) is 0 Å². The number of unbranched alkanes of at least 4 members (excludes halogenated alkanes) is 9. The van der Waals surface area contributed by atoms with Crippen molar-refractivity contribution < 1.29 is 9.53 Å². The Morgan fingerprint density at radius 2 is 1.38 bits per heavy atom. The highest BCUT2D eigenvalue weighted by Crippen LogP contribution is 2.10. The number of benzene rings is 1. The average molecular weight is 359 g/mol. The predicted octanol–water partition coefficient (Wildman–Crippen LogP) is 7.03. The van der Waals surface area contributed by atoms with E-state index in [9.17, 15) is 4.79 Å². The molecule has 0 fully saturated rings. The third-order valence-corrected chi connectivity index (χ3v) is 4.65. The second-order valence-corrected chi connectivity index (χ2v) is 7.02. The zero-order valence-electron chi connectivity index (χ0n) is 16.8. The maximum absolute atomic E-state index is 11.2. The number of hydrogen-bond acceptors (Lipinski definition) is 2. The molecule has 0 atom stereocenters. The summed E-state index contributed by atoms with van der Waals surface area (Å²) in [6.45, 7) is 2.36. The van der Waals surface area contributed by atoms with Crippen LogP contribution in [-0.4, -0.2) is 12.6 Å². The summed E-state index contributed by atoms with van der Waals surface area (Å²) in [5, 5.41) is 0. The Labute approximate surface area is 161 Å². The second-order valence-electron chi connectivity index (χ2n) is 7.02. The number of ether oxygens (including phenoxy) is 1. The van der Waals surface area contributed by atoms with Crippen LogP contribution in [0.15, 0.2) is 42.5 Å². The molecule has 1 rings (SSSR count). The smallest absolute Gasteiger partial charge is 0.305 e. The first kappa shape index (κ1) is 22.5. The molecule has 1 aromatic rings. The summed E-state index contributed by atoms with van der Waals surface area (Å²) in [6.07, 6.45) is 20.1. The zero-order valence-corrected chi connectivity index (χ0v) is 16.8. The molecule has 0 N–H and O–H groups in total. The molecule has 146 valence electrons. The molecule has 0 aliphatic rings. The highest BCUT2D eigenvalue weighted by Gasteiger charge is 2.00. The summed E-state index contributed by atoms with van der Waals surface area (Å²) in [4.78, 5) is 11.2. The lowest BCUT2D eigenvalue weighted by Gasteiger charge is -2.02. The summed E-state index contributed by atoms with van der Waals surface area (Å²) in [7, 11) is 0. The van der Waals surface area contributed by atoms with E-state index in [4.69, 9.17) is 4.74 Å². The van der Waals surface area contributed by atoms with Crippen molar-refractivity contribution in [3.05, 3.63) is 48.0 Å². The van der Waals surface area contributed by atoms with Crippen molar-refractivity contribution in [2.45, 2.75) is 90.4 Å². The summed E-state index contributed by atoms with van der Waals surface area (Å²) in [6, 6.07) is 10.8. The fraction of sp³-hybridized carbons (Fsp3) is 0.625. The Bertz CT molecular complexity index is 464. The molecule has 2 nitrogen and oxygen atoms in total. The normalized spacial score (nSPS) is 11.1. The molecule has 26 heavy (non-hydrogen) atoms. The van der Waals surface area contributed by atoms with Crippen molar-refractivity contribution >= 4 is 5.97 Å². The summed E-state index contributed by atoms with van der Waals surface area (Å²) in [5.41, 5.74) is 1.47. The van der Waals surface area contributed by atoms with Gasteiger partial charge in [0.05, 0.1) is 6.61 Å². The van der Waals surface area contributed by atoms with Crippen molar-refractivity contribution in [3.63, 3.8) is 0 Å². The molecular weight excluding hydrogens is 320 g/mol. The van der Waals surface area contributed by atoms with Crippen LogP contribution < -0.4 is 0 Å². The molecule has 0 aliphatic carbocycles. The van der Waals surface area contributed by atoms with Crippen LogP contribution in [0.3, 0.4) is 0 Å². The summed E-state index contributed by atoms with van der Waals surface area (Å²) < 4.78 is 4.93. The van der Waals surface area contributed by atoms with Gasteiger partial charge < -0.3 is 4.74 Å². The number of carbonyl (C=O) groups excluding carboxylic acids is 1. The first-order valence-corrected chi connectivity index (χ1v) is 10.7. The minimum atomic E-state index is -0.0458. The molecule has 0 spiro atoms. The SMILES string of the molecule is CCOC(=O)CCCCCCC/C=C\CCCCCCc1ccccc1. The molecule has 0 aliphatic heterocycles. The van der Waals surface area contributed by atoms with Gasteiger partial charge in [-0.15, -0.1) is 0 Å². The highest BCUT2D eigenvalue weighted by molar-refractivity contribution is 5.69. The number of allylic oxidation sites excluding steroid dienone is 2. The van der Waals surface area contributed by atoms with E-state index in [1.807, 2.05) is 6.92 Å². The molecule has 1 aromatic carbocycles.